The first-order valence-corrected chi connectivity index (χ1v) is 7.21. The standard InChI is InChI=1S/C19H18N2O/c1-3-15-7-9-18(10-8-15)21-19(22)17(13-20)12-16-6-4-5-14(2)11-16/h4-12H,3H2,1-2H3,(H,21,22)/b17-12+. The Morgan fingerprint density at radius 2 is 1.95 bits per heavy atom. The second-order valence-corrected chi connectivity index (χ2v) is 5.09. The normalized spacial score (nSPS) is 10.9. The summed E-state index contributed by atoms with van der Waals surface area (Å²) in [5.41, 5.74) is 3.90. The third-order valence-corrected chi connectivity index (χ3v) is 3.34. The summed E-state index contributed by atoms with van der Waals surface area (Å²) < 4.78 is 0. The molecule has 3 heteroatoms. The van der Waals surface area contributed by atoms with Crippen LogP contribution < -0.4 is 5.32 Å². The molecule has 0 saturated carbocycles. The maximum absolute atomic E-state index is 12.2. The van der Waals surface area contributed by atoms with E-state index >= 15 is 0 Å². The number of nitrogens with one attached hydrogen (secondary N) is 1. The van der Waals surface area contributed by atoms with Crippen LogP contribution in [0.5, 0.6) is 0 Å². The Hall–Kier alpha value is -2.86. The number of hydrogen-bond donors (Lipinski definition) is 1. The van der Waals surface area contributed by atoms with Crippen LogP contribution in [0.3, 0.4) is 0 Å². The van der Waals surface area contributed by atoms with Gasteiger partial charge in [-0.2, -0.15) is 5.26 Å². The van der Waals surface area contributed by atoms with Gasteiger partial charge in [0.05, 0.1) is 0 Å². The van der Waals surface area contributed by atoms with Gasteiger partial charge >= 0.3 is 0 Å². The highest BCUT2D eigenvalue weighted by atomic mass is 16.1. The Labute approximate surface area is 130 Å². The highest BCUT2D eigenvalue weighted by Crippen LogP contribution is 2.13. The first kappa shape index (κ1) is 15.5. The van der Waals surface area contributed by atoms with Crippen molar-refractivity contribution < 1.29 is 4.79 Å². The van der Waals surface area contributed by atoms with Crippen molar-refractivity contribution in [1.82, 2.24) is 0 Å². The fraction of sp³-hybridized carbons (Fsp3) is 0.158. The number of rotatable bonds is 4. The van der Waals surface area contributed by atoms with E-state index < -0.39 is 5.91 Å². The molecule has 0 aliphatic rings. The van der Waals surface area contributed by atoms with Crippen LogP contribution in [0.2, 0.25) is 0 Å². The smallest absolute Gasteiger partial charge is 0.266 e. The molecular formula is C19H18N2O. The van der Waals surface area contributed by atoms with Gasteiger partial charge in [0.25, 0.3) is 5.91 Å². The number of carbonyl (C=O) groups is 1. The zero-order chi connectivity index (χ0) is 15.9. The van der Waals surface area contributed by atoms with Crippen molar-refractivity contribution in [2.75, 3.05) is 5.32 Å². The first-order chi connectivity index (χ1) is 10.6. The minimum Gasteiger partial charge on any atom is -0.321 e. The number of nitriles is 1. The summed E-state index contributed by atoms with van der Waals surface area (Å²) in [6.45, 7) is 4.05. The first-order valence-electron chi connectivity index (χ1n) is 7.21. The average molecular weight is 290 g/mol. The van der Waals surface area contributed by atoms with Crippen LogP contribution in [0.15, 0.2) is 54.1 Å². The van der Waals surface area contributed by atoms with Crippen LogP contribution in [0.4, 0.5) is 5.69 Å². The van der Waals surface area contributed by atoms with Gasteiger partial charge in [0.1, 0.15) is 11.6 Å². The quantitative estimate of drug-likeness (QED) is 0.680. The molecular weight excluding hydrogens is 272 g/mol. The van der Waals surface area contributed by atoms with E-state index in [1.807, 2.05) is 61.5 Å². The molecule has 110 valence electrons. The van der Waals surface area contributed by atoms with Crippen molar-refractivity contribution in [2.24, 2.45) is 0 Å². The van der Waals surface area contributed by atoms with Crippen LogP contribution in [0, 0.1) is 18.3 Å². The summed E-state index contributed by atoms with van der Waals surface area (Å²) in [7, 11) is 0. The van der Waals surface area contributed by atoms with Gasteiger partial charge in [0.2, 0.25) is 0 Å². The number of aryl methyl sites for hydroxylation is 2. The van der Waals surface area contributed by atoms with E-state index in [2.05, 4.69) is 12.2 Å². The van der Waals surface area contributed by atoms with Gasteiger partial charge in [-0.15, -0.1) is 0 Å². The van der Waals surface area contributed by atoms with E-state index in [0.29, 0.717) is 5.69 Å². The molecule has 3 nitrogen and oxygen atoms in total. The largest absolute Gasteiger partial charge is 0.321 e. The van der Waals surface area contributed by atoms with Gasteiger partial charge in [-0.05, 0) is 42.7 Å². The number of carbonyl (C=O) groups excluding carboxylic acids is 1. The van der Waals surface area contributed by atoms with Crippen LogP contribution >= 0.6 is 0 Å². The topological polar surface area (TPSA) is 52.9 Å². The molecule has 0 fully saturated rings. The van der Waals surface area contributed by atoms with Gasteiger partial charge in [0.15, 0.2) is 0 Å². The monoisotopic (exact) mass is 290 g/mol. The van der Waals surface area contributed by atoms with Gasteiger partial charge in [-0.1, -0.05) is 48.9 Å². The van der Waals surface area contributed by atoms with Crippen molar-refractivity contribution in [2.45, 2.75) is 20.3 Å². The average Bonchev–Trinajstić information content (AvgIpc) is 2.53. The van der Waals surface area contributed by atoms with Gasteiger partial charge in [0, 0.05) is 5.69 Å². The number of nitrogens with zero attached hydrogens (tertiary/aromatic N) is 1. The molecule has 1 amide bonds. The second kappa shape index (κ2) is 7.24. The van der Waals surface area contributed by atoms with Crippen LogP contribution in [-0.2, 0) is 11.2 Å². The number of anilines is 1. The molecule has 0 saturated heterocycles. The van der Waals surface area contributed by atoms with Crippen molar-refractivity contribution in [3.8, 4) is 6.07 Å². The van der Waals surface area contributed by atoms with Crippen LogP contribution in [-0.4, -0.2) is 5.91 Å². The fourth-order valence-corrected chi connectivity index (χ4v) is 2.10. The minimum absolute atomic E-state index is 0.0881. The van der Waals surface area contributed by atoms with E-state index in [1.165, 1.54) is 5.56 Å². The summed E-state index contributed by atoms with van der Waals surface area (Å²) in [4.78, 5) is 12.2. The highest BCUT2D eigenvalue weighted by molar-refractivity contribution is 6.09. The molecule has 0 heterocycles. The zero-order valence-corrected chi connectivity index (χ0v) is 12.8. The minimum atomic E-state index is -0.395. The summed E-state index contributed by atoms with van der Waals surface area (Å²) in [6, 6.07) is 17.3. The van der Waals surface area contributed by atoms with Crippen LogP contribution in [0.1, 0.15) is 23.6 Å². The molecule has 22 heavy (non-hydrogen) atoms. The molecule has 0 atom stereocenters. The van der Waals surface area contributed by atoms with E-state index in [-0.39, 0.29) is 5.57 Å². The number of benzene rings is 2. The lowest BCUT2D eigenvalue weighted by Gasteiger charge is -2.05. The van der Waals surface area contributed by atoms with Crippen molar-refractivity contribution in [3.05, 3.63) is 70.8 Å². The second-order valence-electron chi connectivity index (χ2n) is 5.09. The Bertz CT molecular complexity index is 737. The van der Waals surface area contributed by atoms with Crippen LogP contribution in [0.25, 0.3) is 6.08 Å². The van der Waals surface area contributed by atoms with Crippen molar-refractivity contribution in [1.29, 1.82) is 5.26 Å². The maximum atomic E-state index is 12.2. The van der Waals surface area contributed by atoms with Gasteiger partial charge in [-0.3, -0.25) is 4.79 Å². The molecule has 2 aromatic rings. The van der Waals surface area contributed by atoms with E-state index in [1.54, 1.807) is 6.08 Å². The Morgan fingerprint density at radius 3 is 2.55 bits per heavy atom. The molecule has 0 aliphatic heterocycles. The third-order valence-electron chi connectivity index (χ3n) is 3.34. The molecule has 0 aromatic heterocycles. The molecule has 2 rings (SSSR count). The predicted octanol–water partition coefficient (Wildman–Crippen LogP) is 4.10. The Kier molecular flexibility index (Phi) is 5.11. The fourth-order valence-electron chi connectivity index (χ4n) is 2.10. The van der Waals surface area contributed by atoms with Gasteiger partial charge < -0.3 is 5.32 Å². The molecule has 0 aliphatic carbocycles. The highest BCUT2D eigenvalue weighted by Gasteiger charge is 2.09. The number of hydrogen-bond acceptors (Lipinski definition) is 2. The SMILES string of the molecule is CCc1ccc(NC(=O)/C(C#N)=C/c2cccc(C)c2)cc1. The predicted molar refractivity (Wildman–Crippen MR) is 89.2 cm³/mol. The van der Waals surface area contributed by atoms with E-state index in [9.17, 15) is 10.1 Å². The molecule has 2 aromatic carbocycles. The van der Waals surface area contributed by atoms with Gasteiger partial charge in [-0.25, -0.2) is 0 Å². The summed E-state index contributed by atoms with van der Waals surface area (Å²) in [5, 5.41) is 12.0. The molecule has 1 N–H and O–H groups in total. The lowest BCUT2D eigenvalue weighted by Crippen LogP contribution is -2.13. The lowest BCUT2D eigenvalue weighted by molar-refractivity contribution is -0.112. The molecule has 0 bridgehead atoms. The molecule has 0 radical (unpaired) electrons. The Morgan fingerprint density at radius 1 is 1.23 bits per heavy atom. The molecule has 0 unspecified atom stereocenters. The third kappa shape index (κ3) is 4.07. The Balaban J connectivity index is 2.16. The molecule has 0 spiro atoms. The van der Waals surface area contributed by atoms with Crippen molar-refractivity contribution in [3.63, 3.8) is 0 Å². The number of amides is 1. The maximum Gasteiger partial charge on any atom is 0.266 e. The zero-order valence-electron chi connectivity index (χ0n) is 12.8. The van der Waals surface area contributed by atoms with E-state index in [0.717, 1.165) is 17.5 Å². The summed E-state index contributed by atoms with van der Waals surface area (Å²) >= 11 is 0. The summed E-state index contributed by atoms with van der Waals surface area (Å²) in [5.74, 6) is -0.395. The van der Waals surface area contributed by atoms with Crippen molar-refractivity contribution >= 4 is 17.7 Å². The summed E-state index contributed by atoms with van der Waals surface area (Å²) in [6.07, 6.45) is 2.55. The lowest BCUT2D eigenvalue weighted by atomic mass is 10.1. The van der Waals surface area contributed by atoms with E-state index in [4.69, 9.17) is 0 Å².